The third-order valence-corrected chi connectivity index (χ3v) is 4.33. The standard InChI is InChI=1S/C23H17N3O4/c27-19(14-15-9-11-17(12-10-15)30-16-6-2-1-3-7-16)20-21(28)23(29)26-22(25-20)18-8-4-5-13-24-18/h1-13,28H,14H2,(H,25,26,29). The average molecular weight is 399 g/mol. The summed E-state index contributed by atoms with van der Waals surface area (Å²) in [6.07, 6.45) is 1.51. The minimum Gasteiger partial charge on any atom is -0.501 e. The minimum atomic E-state index is -0.791. The van der Waals surface area contributed by atoms with Crippen molar-refractivity contribution in [2.45, 2.75) is 6.42 Å². The number of hydrogen-bond acceptors (Lipinski definition) is 6. The number of ketones is 1. The summed E-state index contributed by atoms with van der Waals surface area (Å²) in [5, 5.41) is 10.1. The zero-order valence-corrected chi connectivity index (χ0v) is 15.8. The largest absolute Gasteiger partial charge is 0.501 e. The fourth-order valence-electron chi connectivity index (χ4n) is 2.85. The zero-order valence-electron chi connectivity index (χ0n) is 15.8. The number of carbonyl (C=O) groups excluding carboxylic acids is 1. The summed E-state index contributed by atoms with van der Waals surface area (Å²) >= 11 is 0. The number of benzene rings is 2. The molecule has 0 saturated heterocycles. The van der Waals surface area contributed by atoms with Gasteiger partial charge in [0.1, 0.15) is 17.2 Å². The van der Waals surface area contributed by atoms with Gasteiger partial charge in [-0.1, -0.05) is 36.4 Å². The van der Waals surface area contributed by atoms with Crippen molar-refractivity contribution in [3.63, 3.8) is 0 Å². The lowest BCUT2D eigenvalue weighted by molar-refractivity contribution is 0.0985. The average Bonchev–Trinajstić information content (AvgIpc) is 2.78. The first kappa shape index (κ1) is 19.1. The Bertz CT molecular complexity index is 1220. The topological polar surface area (TPSA) is 105 Å². The van der Waals surface area contributed by atoms with Gasteiger partial charge in [0.2, 0.25) is 5.75 Å². The first-order valence-electron chi connectivity index (χ1n) is 9.20. The van der Waals surface area contributed by atoms with Crippen LogP contribution in [0.2, 0.25) is 0 Å². The molecular formula is C23H17N3O4. The molecule has 0 fully saturated rings. The van der Waals surface area contributed by atoms with Gasteiger partial charge in [0, 0.05) is 12.6 Å². The molecule has 148 valence electrons. The Kier molecular flexibility index (Phi) is 5.34. The van der Waals surface area contributed by atoms with Crippen molar-refractivity contribution in [2.75, 3.05) is 0 Å². The lowest BCUT2D eigenvalue weighted by Gasteiger charge is -2.08. The van der Waals surface area contributed by atoms with E-state index in [1.807, 2.05) is 30.3 Å². The van der Waals surface area contributed by atoms with Gasteiger partial charge in [-0.05, 0) is 42.0 Å². The van der Waals surface area contributed by atoms with Gasteiger partial charge in [-0.2, -0.15) is 0 Å². The van der Waals surface area contributed by atoms with Crippen molar-refractivity contribution in [3.8, 4) is 28.8 Å². The Balaban J connectivity index is 1.54. The molecule has 0 aliphatic carbocycles. The number of aromatic nitrogens is 3. The summed E-state index contributed by atoms with van der Waals surface area (Å²) in [5.41, 5.74) is 0.0111. The van der Waals surface area contributed by atoms with E-state index >= 15 is 0 Å². The second kappa shape index (κ2) is 8.40. The van der Waals surface area contributed by atoms with Crippen LogP contribution in [0, 0.1) is 0 Å². The van der Waals surface area contributed by atoms with Crippen molar-refractivity contribution in [3.05, 3.63) is 101 Å². The number of Topliss-reactive ketones (excluding diaryl/α,β-unsaturated/α-hetero) is 1. The summed E-state index contributed by atoms with van der Waals surface area (Å²) in [6.45, 7) is 0. The first-order chi connectivity index (χ1) is 14.6. The SMILES string of the molecule is O=C(Cc1ccc(Oc2ccccc2)cc1)c1nc(-c2ccccn2)[nH]c(=O)c1O. The Hall–Kier alpha value is -4.26. The van der Waals surface area contributed by atoms with Crippen LogP contribution in [-0.4, -0.2) is 25.8 Å². The van der Waals surface area contributed by atoms with E-state index in [-0.39, 0.29) is 17.9 Å². The molecule has 2 aromatic carbocycles. The molecular weight excluding hydrogens is 382 g/mol. The van der Waals surface area contributed by atoms with Crippen LogP contribution in [0.25, 0.3) is 11.5 Å². The molecule has 7 heteroatoms. The van der Waals surface area contributed by atoms with E-state index in [0.29, 0.717) is 22.8 Å². The maximum Gasteiger partial charge on any atom is 0.294 e. The second-order valence-corrected chi connectivity index (χ2v) is 6.49. The van der Waals surface area contributed by atoms with Gasteiger partial charge in [-0.15, -0.1) is 0 Å². The van der Waals surface area contributed by atoms with Crippen molar-refractivity contribution in [2.24, 2.45) is 0 Å². The molecule has 0 bridgehead atoms. The monoisotopic (exact) mass is 399 g/mol. The van der Waals surface area contributed by atoms with Crippen LogP contribution in [0.15, 0.2) is 83.8 Å². The van der Waals surface area contributed by atoms with Crippen LogP contribution in [-0.2, 0) is 6.42 Å². The fourth-order valence-corrected chi connectivity index (χ4v) is 2.85. The molecule has 7 nitrogen and oxygen atoms in total. The number of nitrogens with one attached hydrogen (secondary N) is 1. The molecule has 0 unspecified atom stereocenters. The highest BCUT2D eigenvalue weighted by Gasteiger charge is 2.19. The zero-order chi connectivity index (χ0) is 20.9. The summed E-state index contributed by atoms with van der Waals surface area (Å²) in [6, 6.07) is 21.4. The van der Waals surface area contributed by atoms with Crippen molar-refractivity contribution in [1.29, 1.82) is 0 Å². The Morgan fingerprint density at radius 2 is 1.63 bits per heavy atom. The van der Waals surface area contributed by atoms with Crippen LogP contribution in [0.4, 0.5) is 0 Å². The van der Waals surface area contributed by atoms with E-state index in [4.69, 9.17) is 4.74 Å². The number of para-hydroxylation sites is 1. The van der Waals surface area contributed by atoms with Gasteiger partial charge >= 0.3 is 0 Å². The predicted octanol–water partition coefficient (Wildman–Crippen LogP) is 3.76. The molecule has 2 aromatic heterocycles. The van der Waals surface area contributed by atoms with E-state index < -0.39 is 17.1 Å². The van der Waals surface area contributed by atoms with E-state index in [9.17, 15) is 14.7 Å². The third kappa shape index (κ3) is 4.25. The van der Waals surface area contributed by atoms with Crippen molar-refractivity contribution in [1.82, 2.24) is 15.0 Å². The van der Waals surface area contributed by atoms with Gasteiger partial charge in [-0.25, -0.2) is 4.98 Å². The lowest BCUT2D eigenvalue weighted by Crippen LogP contribution is -2.17. The molecule has 4 aromatic rings. The van der Waals surface area contributed by atoms with Gasteiger partial charge in [0.05, 0.1) is 0 Å². The number of H-pyrrole nitrogens is 1. The third-order valence-electron chi connectivity index (χ3n) is 4.33. The smallest absolute Gasteiger partial charge is 0.294 e. The van der Waals surface area contributed by atoms with Crippen LogP contribution < -0.4 is 10.3 Å². The van der Waals surface area contributed by atoms with Crippen LogP contribution in [0.3, 0.4) is 0 Å². The number of aromatic hydroxyl groups is 1. The van der Waals surface area contributed by atoms with Gasteiger partial charge < -0.3 is 14.8 Å². The highest BCUT2D eigenvalue weighted by Crippen LogP contribution is 2.22. The number of pyridine rings is 1. The highest BCUT2D eigenvalue weighted by atomic mass is 16.5. The summed E-state index contributed by atoms with van der Waals surface area (Å²) in [4.78, 5) is 35.5. The molecule has 4 rings (SSSR count). The van der Waals surface area contributed by atoms with E-state index in [2.05, 4.69) is 15.0 Å². The van der Waals surface area contributed by atoms with Crippen molar-refractivity contribution < 1.29 is 14.6 Å². The highest BCUT2D eigenvalue weighted by molar-refractivity contribution is 5.98. The van der Waals surface area contributed by atoms with Gasteiger partial charge in [0.25, 0.3) is 5.56 Å². The molecule has 0 saturated carbocycles. The molecule has 0 amide bonds. The lowest BCUT2D eigenvalue weighted by atomic mass is 10.1. The number of rotatable bonds is 6. The van der Waals surface area contributed by atoms with Crippen LogP contribution in [0.1, 0.15) is 16.1 Å². The molecule has 2 heterocycles. The Morgan fingerprint density at radius 3 is 2.33 bits per heavy atom. The fraction of sp³-hybridized carbons (Fsp3) is 0.0435. The van der Waals surface area contributed by atoms with E-state index in [0.717, 1.165) is 0 Å². The normalized spacial score (nSPS) is 10.5. The first-order valence-corrected chi connectivity index (χ1v) is 9.20. The molecule has 0 spiro atoms. The predicted molar refractivity (Wildman–Crippen MR) is 111 cm³/mol. The van der Waals surface area contributed by atoms with Crippen LogP contribution in [0.5, 0.6) is 17.2 Å². The Morgan fingerprint density at radius 1 is 0.933 bits per heavy atom. The van der Waals surface area contributed by atoms with E-state index in [1.165, 1.54) is 0 Å². The van der Waals surface area contributed by atoms with Gasteiger partial charge in [0.15, 0.2) is 17.3 Å². The van der Waals surface area contributed by atoms with Crippen LogP contribution >= 0.6 is 0 Å². The van der Waals surface area contributed by atoms with E-state index in [1.54, 1.807) is 48.7 Å². The minimum absolute atomic E-state index is 0.0305. The molecule has 2 N–H and O–H groups in total. The number of nitrogens with zero attached hydrogens (tertiary/aromatic N) is 2. The molecule has 0 atom stereocenters. The van der Waals surface area contributed by atoms with Gasteiger partial charge in [-0.3, -0.25) is 14.6 Å². The molecule has 0 aliphatic heterocycles. The number of aromatic amines is 1. The Labute approximate surface area is 171 Å². The number of carbonyl (C=O) groups is 1. The molecule has 30 heavy (non-hydrogen) atoms. The quantitative estimate of drug-likeness (QED) is 0.478. The number of hydrogen-bond donors (Lipinski definition) is 2. The summed E-state index contributed by atoms with van der Waals surface area (Å²) < 4.78 is 5.73. The summed E-state index contributed by atoms with van der Waals surface area (Å²) in [7, 11) is 0. The maximum absolute atomic E-state index is 12.7. The number of ether oxygens (including phenoxy) is 1. The molecule has 0 radical (unpaired) electrons. The second-order valence-electron chi connectivity index (χ2n) is 6.49. The molecule has 0 aliphatic rings. The summed E-state index contributed by atoms with van der Waals surface area (Å²) in [5.74, 6) is 0.276. The van der Waals surface area contributed by atoms with Crippen molar-refractivity contribution >= 4 is 5.78 Å². The maximum atomic E-state index is 12.7.